The summed E-state index contributed by atoms with van der Waals surface area (Å²) in [6.07, 6.45) is 0. The van der Waals surface area contributed by atoms with Gasteiger partial charge in [-0.3, -0.25) is 0 Å². The van der Waals surface area contributed by atoms with Crippen LogP contribution in [0.25, 0.3) is 10.6 Å². The third kappa shape index (κ3) is 3.94. The Balaban J connectivity index is 1.81. The number of carboxylic acid groups (broad SMARTS) is 1. The predicted octanol–water partition coefficient (Wildman–Crippen LogP) is 3.79. The Hall–Kier alpha value is -2.51. The molecule has 0 saturated carbocycles. The van der Waals surface area contributed by atoms with Gasteiger partial charge in [0.2, 0.25) is 0 Å². The molecule has 1 heterocycles. The number of hydrogen-bond acceptors (Lipinski definition) is 5. The number of benzene rings is 2. The predicted molar refractivity (Wildman–Crippen MR) is 96.6 cm³/mol. The fourth-order valence-electron chi connectivity index (χ4n) is 2.28. The Kier molecular flexibility index (Phi) is 4.69. The van der Waals surface area contributed by atoms with Crippen molar-refractivity contribution in [2.45, 2.75) is 17.6 Å². The Morgan fingerprint density at radius 1 is 1.08 bits per heavy atom. The average Bonchev–Trinajstić information content (AvgIpc) is 3.03. The second-order valence-electron chi connectivity index (χ2n) is 5.60. The van der Waals surface area contributed by atoms with Crippen molar-refractivity contribution in [3.63, 3.8) is 0 Å². The van der Waals surface area contributed by atoms with Crippen LogP contribution in [0.2, 0.25) is 0 Å². The molecule has 128 valence electrons. The number of nitrogens with zero attached hydrogens (tertiary/aromatic N) is 1. The largest absolute Gasteiger partial charge is 0.478 e. The molecule has 0 unspecified atom stereocenters. The van der Waals surface area contributed by atoms with Gasteiger partial charge in [0.15, 0.2) is 9.84 Å². The SMILES string of the molecule is Cc1ccc(S(=O)(=O)Cc2csc(-c3ccc(C(=O)O)cc3)n2)cc1. The highest BCUT2D eigenvalue weighted by Crippen LogP contribution is 2.26. The summed E-state index contributed by atoms with van der Waals surface area (Å²) in [6.45, 7) is 1.90. The van der Waals surface area contributed by atoms with Crippen molar-refractivity contribution in [1.29, 1.82) is 0 Å². The molecule has 0 aliphatic carbocycles. The first-order chi connectivity index (χ1) is 11.8. The van der Waals surface area contributed by atoms with E-state index in [1.807, 2.05) is 6.92 Å². The van der Waals surface area contributed by atoms with Crippen molar-refractivity contribution in [2.75, 3.05) is 0 Å². The standard InChI is InChI=1S/C18H15NO4S2/c1-12-2-8-16(9-3-12)25(22,23)11-15-10-24-17(19-15)13-4-6-14(7-5-13)18(20)21/h2-10H,11H2,1H3,(H,20,21). The molecule has 0 radical (unpaired) electrons. The van der Waals surface area contributed by atoms with Crippen LogP contribution in [0.1, 0.15) is 21.6 Å². The van der Waals surface area contributed by atoms with E-state index in [2.05, 4.69) is 4.98 Å². The molecule has 0 aliphatic rings. The molecule has 3 aromatic rings. The van der Waals surface area contributed by atoms with Gasteiger partial charge in [-0.15, -0.1) is 11.3 Å². The van der Waals surface area contributed by atoms with E-state index < -0.39 is 15.8 Å². The van der Waals surface area contributed by atoms with Gasteiger partial charge in [-0.25, -0.2) is 18.2 Å². The van der Waals surface area contributed by atoms with Gasteiger partial charge in [0.25, 0.3) is 0 Å². The monoisotopic (exact) mass is 373 g/mol. The molecular weight excluding hydrogens is 358 g/mol. The van der Waals surface area contributed by atoms with Crippen LogP contribution in [-0.2, 0) is 15.6 Å². The Labute approximate surface area is 149 Å². The van der Waals surface area contributed by atoms with Crippen molar-refractivity contribution < 1.29 is 18.3 Å². The van der Waals surface area contributed by atoms with Crippen LogP contribution in [0.5, 0.6) is 0 Å². The molecule has 0 fully saturated rings. The maximum atomic E-state index is 12.5. The van der Waals surface area contributed by atoms with Crippen molar-refractivity contribution in [2.24, 2.45) is 0 Å². The van der Waals surface area contributed by atoms with Crippen molar-refractivity contribution in [3.8, 4) is 10.6 Å². The first kappa shape index (κ1) is 17.3. The van der Waals surface area contributed by atoms with Gasteiger partial charge in [0.05, 0.1) is 21.9 Å². The summed E-state index contributed by atoms with van der Waals surface area (Å²) in [5.41, 5.74) is 2.43. The number of rotatable bonds is 5. The van der Waals surface area contributed by atoms with Gasteiger partial charge in [-0.2, -0.15) is 0 Å². The van der Waals surface area contributed by atoms with Crippen LogP contribution >= 0.6 is 11.3 Å². The Bertz CT molecular complexity index is 1000. The quantitative estimate of drug-likeness (QED) is 0.735. The Morgan fingerprint density at radius 2 is 1.72 bits per heavy atom. The third-order valence-electron chi connectivity index (χ3n) is 3.65. The van der Waals surface area contributed by atoms with Gasteiger partial charge in [-0.1, -0.05) is 29.8 Å². The van der Waals surface area contributed by atoms with Crippen LogP contribution in [0.15, 0.2) is 58.8 Å². The molecule has 7 heteroatoms. The summed E-state index contributed by atoms with van der Waals surface area (Å²) in [7, 11) is -3.45. The number of sulfone groups is 1. The lowest BCUT2D eigenvalue weighted by molar-refractivity contribution is 0.0697. The highest BCUT2D eigenvalue weighted by atomic mass is 32.2. The van der Waals surface area contributed by atoms with E-state index in [1.165, 1.54) is 23.5 Å². The number of aryl methyl sites for hydroxylation is 1. The summed E-state index contributed by atoms with van der Waals surface area (Å²) in [5, 5.41) is 11.3. The molecule has 0 saturated heterocycles. The molecule has 5 nitrogen and oxygen atoms in total. The zero-order chi connectivity index (χ0) is 18.0. The number of carboxylic acids is 1. The number of hydrogen-bond donors (Lipinski definition) is 1. The zero-order valence-electron chi connectivity index (χ0n) is 13.3. The maximum Gasteiger partial charge on any atom is 0.335 e. The van der Waals surface area contributed by atoms with E-state index in [4.69, 9.17) is 5.11 Å². The molecule has 1 N–H and O–H groups in total. The van der Waals surface area contributed by atoms with Gasteiger partial charge in [0, 0.05) is 10.9 Å². The summed E-state index contributed by atoms with van der Waals surface area (Å²) >= 11 is 1.33. The van der Waals surface area contributed by atoms with E-state index >= 15 is 0 Å². The fraction of sp³-hybridized carbons (Fsp3) is 0.111. The second kappa shape index (κ2) is 6.78. The zero-order valence-corrected chi connectivity index (χ0v) is 15.0. The molecule has 0 amide bonds. The molecular formula is C18H15NO4S2. The molecule has 1 aromatic heterocycles. The van der Waals surface area contributed by atoms with E-state index in [1.54, 1.807) is 41.8 Å². The number of thiazole rings is 1. The highest BCUT2D eigenvalue weighted by Gasteiger charge is 2.17. The van der Waals surface area contributed by atoms with E-state index in [-0.39, 0.29) is 16.2 Å². The second-order valence-corrected chi connectivity index (χ2v) is 8.45. The minimum absolute atomic E-state index is 0.167. The van der Waals surface area contributed by atoms with E-state index in [0.717, 1.165) is 11.1 Å². The summed E-state index contributed by atoms with van der Waals surface area (Å²) in [6, 6.07) is 13.1. The number of carbonyl (C=O) groups is 1. The summed E-state index contributed by atoms with van der Waals surface area (Å²) in [4.78, 5) is 15.5. The first-order valence-corrected chi connectivity index (χ1v) is 9.96. The van der Waals surface area contributed by atoms with Crippen LogP contribution < -0.4 is 0 Å². The van der Waals surface area contributed by atoms with E-state index in [0.29, 0.717) is 10.7 Å². The van der Waals surface area contributed by atoms with Crippen molar-refractivity contribution in [1.82, 2.24) is 4.98 Å². The number of aromatic nitrogens is 1. The van der Waals surface area contributed by atoms with Crippen LogP contribution in [0.3, 0.4) is 0 Å². The van der Waals surface area contributed by atoms with Gasteiger partial charge < -0.3 is 5.11 Å². The third-order valence-corrected chi connectivity index (χ3v) is 6.25. The molecule has 2 aromatic carbocycles. The topological polar surface area (TPSA) is 84.3 Å². The van der Waals surface area contributed by atoms with Crippen LogP contribution in [-0.4, -0.2) is 24.5 Å². The first-order valence-electron chi connectivity index (χ1n) is 7.43. The molecule has 0 aliphatic heterocycles. The average molecular weight is 373 g/mol. The molecule has 0 bridgehead atoms. The van der Waals surface area contributed by atoms with Gasteiger partial charge in [0.1, 0.15) is 5.01 Å². The lowest BCUT2D eigenvalue weighted by atomic mass is 10.1. The fourth-order valence-corrected chi connectivity index (χ4v) is 4.47. The summed E-state index contributed by atoms with van der Waals surface area (Å²) < 4.78 is 25.0. The summed E-state index contributed by atoms with van der Waals surface area (Å²) in [5.74, 6) is -1.16. The van der Waals surface area contributed by atoms with Crippen LogP contribution in [0, 0.1) is 6.92 Å². The molecule has 0 atom stereocenters. The van der Waals surface area contributed by atoms with Gasteiger partial charge in [-0.05, 0) is 31.2 Å². The van der Waals surface area contributed by atoms with Crippen molar-refractivity contribution >= 4 is 27.1 Å². The smallest absolute Gasteiger partial charge is 0.335 e. The highest BCUT2D eigenvalue weighted by molar-refractivity contribution is 7.90. The lowest BCUT2D eigenvalue weighted by Crippen LogP contribution is -2.05. The molecule has 0 spiro atoms. The lowest BCUT2D eigenvalue weighted by Gasteiger charge is -2.03. The van der Waals surface area contributed by atoms with Crippen LogP contribution in [0.4, 0.5) is 0 Å². The minimum Gasteiger partial charge on any atom is -0.478 e. The normalized spacial score (nSPS) is 11.4. The minimum atomic E-state index is -3.45. The number of aromatic carboxylic acids is 1. The Morgan fingerprint density at radius 3 is 2.32 bits per heavy atom. The molecule has 3 rings (SSSR count). The maximum absolute atomic E-state index is 12.5. The van der Waals surface area contributed by atoms with Gasteiger partial charge >= 0.3 is 5.97 Å². The van der Waals surface area contributed by atoms with Crippen molar-refractivity contribution in [3.05, 3.63) is 70.7 Å². The molecule has 25 heavy (non-hydrogen) atoms. The van der Waals surface area contributed by atoms with E-state index in [9.17, 15) is 13.2 Å².